The second-order valence-electron chi connectivity index (χ2n) is 4.51. The molecule has 2 nitrogen and oxygen atoms in total. The van der Waals surface area contributed by atoms with E-state index in [0.717, 1.165) is 11.3 Å². The maximum Gasteiger partial charge on any atom is 0.177 e. The Kier molecular flexibility index (Phi) is 3.88. The molecule has 0 saturated heterocycles. The van der Waals surface area contributed by atoms with Crippen LogP contribution in [0.1, 0.15) is 31.0 Å². The largest absolute Gasteiger partial charge is 0.337 e. The number of rotatable bonds is 3. The standard InChI is InChI=1S/C13H14ClFN2S/c1-8(2)12-6-16-13(18)17(12)7-9-3-4-11(15)10(14)5-9/h3-6,8H,7H2,1-2H3,(H,16,18). The van der Waals surface area contributed by atoms with Crippen LogP contribution in [0.3, 0.4) is 0 Å². The van der Waals surface area contributed by atoms with Crippen LogP contribution in [0.2, 0.25) is 5.02 Å². The summed E-state index contributed by atoms with van der Waals surface area (Å²) < 4.78 is 15.8. The first-order valence-corrected chi connectivity index (χ1v) is 6.49. The number of imidazole rings is 1. The predicted octanol–water partition coefficient (Wildman–Crippen LogP) is 4.51. The summed E-state index contributed by atoms with van der Waals surface area (Å²) in [5, 5.41) is 0.139. The van der Waals surface area contributed by atoms with Crippen molar-refractivity contribution in [2.24, 2.45) is 0 Å². The predicted molar refractivity (Wildman–Crippen MR) is 74.2 cm³/mol. The van der Waals surface area contributed by atoms with E-state index in [1.165, 1.54) is 6.07 Å². The molecule has 0 unspecified atom stereocenters. The molecule has 0 aliphatic rings. The zero-order valence-corrected chi connectivity index (χ0v) is 11.8. The average Bonchev–Trinajstić information content (AvgIpc) is 2.66. The third kappa shape index (κ3) is 2.65. The van der Waals surface area contributed by atoms with E-state index < -0.39 is 5.82 Å². The highest BCUT2D eigenvalue weighted by molar-refractivity contribution is 7.71. The molecule has 0 aliphatic heterocycles. The minimum atomic E-state index is -0.401. The summed E-state index contributed by atoms with van der Waals surface area (Å²) in [7, 11) is 0. The highest BCUT2D eigenvalue weighted by Crippen LogP contribution is 2.20. The number of nitrogens with one attached hydrogen (secondary N) is 1. The third-order valence-corrected chi connectivity index (χ3v) is 3.44. The quantitative estimate of drug-likeness (QED) is 0.823. The van der Waals surface area contributed by atoms with Crippen LogP contribution in [0, 0.1) is 10.6 Å². The number of aromatic amines is 1. The van der Waals surface area contributed by atoms with Gasteiger partial charge in [0.15, 0.2) is 4.77 Å². The van der Waals surface area contributed by atoms with Crippen LogP contribution in [0.25, 0.3) is 0 Å². The molecule has 96 valence electrons. The number of H-pyrrole nitrogens is 1. The van der Waals surface area contributed by atoms with Crippen LogP contribution in [0.15, 0.2) is 24.4 Å². The molecule has 0 atom stereocenters. The number of nitrogens with zero attached hydrogens (tertiary/aromatic N) is 1. The Morgan fingerprint density at radius 2 is 2.17 bits per heavy atom. The molecule has 5 heteroatoms. The minimum Gasteiger partial charge on any atom is -0.337 e. The first-order chi connectivity index (χ1) is 8.49. The fourth-order valence-electron chi connectivity index (χ4n) is 1.87. The molecule has 1 N–H and O–H groups in total. The van der Waals surface area contributed by atoms with E-state index in [9.17, 15) is 4.39 Å². The van der Waals surface area contributed by atoms with Gasteiger partial charge in [0.2, 0.25) is 0 Å². The highest BCUT2D eigenvalue weighted by atomic mass is 35.5. The zero-order valence-electron chi connectivity index (χ0n) is 10.2. The first kappa shape index (κ1) is 13.3. The van der Waals surface area contributed by atoms with Gasteiger partial charge in [-0.3, -0.25) is 0 Å². The maximum absolute atomic E-state index is 13.1. The van der Waals surface area contributed by atoms with E-state index in [0.29, 0.717) is 17.2 Å². The lowest BCUT2D eigenvalue weighted by molar-refractivity contribution is 0.625. The summed E-state index contributed by atoms with van der Waals surface area (Å²) in [5.41, 5.74) is 2.06. The van der Waals surface area contributed by atoms with Crippen LogP contribution >= 0.6 is 23.8 Å². The van der Waals surface area contributed by atoms with Crippen molar-refractivity contribution in [2.75, 3.05) is 0 Å². The van der Waals surface area contributed by atoms with Crippen LogP contribution in [0.5, 0.6) is 0 Å². The number of hydrogen-bond donors (Lipinski definition) is 1. The number of hydrogen-bond acceptors (Lipinski definition) is 1. The Bertz CT molecular complexity index is 616. The van der Waals surface area contributed by atoms with Crippen molar-refractivity contribution < 1.29 is 4.39 Å². The molecule has 1 aromatic carbocycles. The topological polar surface area (TPSA) is 20.7 Å². The second-order valence-corrected chi connectivity index (χ2v) is 5.30. The van der Waals surface area contributed by atoms with E-state index in [-0.39, 0.29) is 5.02 Å². The van der Waals surface area contributed by atoms with Gasteiger partial charge in [-0.25, -0.2) is 4.39 Å². The van der Waals surface area contributed by atoms with Gasteiger partial charge in [-0.05, 0) is 35.8 Å². The van der Waals surface area contributed by atoms with Crippen molar-refractivity contribution in [3.05, 3.63) is 51.3 Å². The fourth-order valence-corrected chi connectivity index (χ4v) is 2.30. The maximum atomic E-state index is 13.1. The highest BCUT2D eigenvalue weighted by Gasteiger charge is 2.09. The van der Waals surface area contributed by atoms with E-state index in [4.69, 9.17) is 23.8 Å². The lowest BCUT2D eigenvalue weighted by Gasteiger charge is -2.11. The number of halogens is 2. The Morgan fingerprint density at radius 1 is 1.44 bits per heavy atom. The second kappa shape index (κ2) is 5.24. The summed E-state index contributed by atoms with van der Waals surface area (Å²) in [4.78, 5) is 3.04. The van der Waals surface area contributed by atoms with Crippen molar-refractivity contribution in [2.45, 2.75) is 26.3 Å². The molecule has 0 aliphatic carbocycles. The lowest BCUT2D eigenvalue weighted by atomic mass is 10.1. The summed E-state index contributed by atoms with van der Waals surface area (Å²) in [6.07, 6.45) is 1.91. The van der Waals surface area contributed by atoms with Crippen molar-refractivity contribution >= 4 is 23.8 Å². The third-order valence-electron chi connectivity index (χ3n) is 2.82. The van der Waals surface area contributed by atoms with E-state index in [1.54, 1.807) is 12.1 Å². The van der Waals surface area contributed by atoms with Gasteiger partial charge < -0.3 is 9.55 Å². The molecule has 0 saturated carbocycles. The molecule has 2 aromatic rings. The fraction of sp³-hybridized carbons (Fsp3) is 0.308. The van der Waals surface area contributed by atoms with Gasteiger partial charge in [0.1, 0.15) is 5.82 Å². The molecular weight excluding hydrogens is 271 g/mol. The van der Waals surface area contributed by atoms with E-state index in [2.05, 4.69) is 18.8 Å². The van der Waals surface area contributed by atoms with Gasteiger partial charge in [0, 0.05) is 11.9 Å². The molecular formula is C13H14ClFN2S. The Labute approximate surface area is 115 Å². The molecule has 0 radical (unpaired) electrons. The number of benzene rings is 1. The van der Waals surface area contributed by atoms with Gasteiger partial charge >= 0.3 is 0 Å². The van der Waals surface area contributed by atoms with Crippen molar-refractivity contribution in [1.29, 1.82) is 0 Å². The Morgan fingerprint density at radius 3 is 2.78 bits per heavy atom. The van der Waals surface area contributed by atoms with Gasteiger partial charge in [0.05, 0.1) is 11.6 Å². The van der Waals surface area contributed by atoms with Gasteiger partial charge in [0.25, 0.3) is 0 Å². The smallest absolute Gasteiger partial charge is 0.177 e. The molecule has 0 spiro atoms. The molecule has 0 fully saturated rings. The van der Waals surface area contributed by atoms with Crippen LogP contribution in [-0.4, -0.2) is 9.55 Å². The van der Waals surface area contributed by atoms with Gasteiger partial charge in [-0.15, -0.1) is 0 Å². The molecule has 1 heterocycles. The lowest BCUT2D eigenvalue weighted by Crippen LogP contribution is -2.06. The monoisotopic (exact) mass is 284 g/mol. The molecule has 2 rings (SSSR count). The number of aromatic nitrogens is 2. The SMILES string of the molecule is CC(C)c1c[nH]c(=S)n1Cc1ccc(F)c(Cl)c1. The average molecular weight is 285 g/mol. The Hall–Kier alpha value is -1.13. The van der Waals surface area contributed by atoms with Crippen LogP contribution in [0.4, 0.5) is 4.39 Å². The summed E-state index contributed by atoms with van der Waals surface area (Å²) in [5.74, 6) is -0.0314. The molecule has 18 heavy (non-hydrogen) atoms. The zero-order chi connectivity index (χ0) is 13.3. The normalized spacial score (nSPS) is 11.2. The first-order valence-electron chi connectivity index (χ1n) is 5.71. The Balaban J connectivity index is 2.36. The molecule has 0 bridgehead atoms. The van der Waals surface area contributed by atoms with Crippen molar-refractivity contribution in [3.8, 4) is 0 Å². The molecule has 0 amide bonds. The van der Waals surface area contributed by atoms with Gasteiger partial charge in [-0.1, -0.05) is 31.5 Å². The van der Waals surface area contributed by atoms with Gasteiger partial charge in [-0.2, -0.15) is 0 Å². The van der Waals surface area contributed by atoms with Crippen molar-refractivity contribution in [1.82, 2.24) is 9.55 Å². The van der Waals surface area contributed by atoms with Crippen molar-refractivity contribution in [3.63, 3.8) is 0 Å². The summed E-state index contributed by atoms with van der Waals surface area (Å²) in [6.45, 7) is 4.80. The summed E-state index contributed by atoms with van der Waals surface area (Å²) in [6, 6.07) is 4.73. The van der Waals surface area contributed by atoms with E-state index in [1.807, 2.05) is 10.8 Å². The minimum absolute atomic E-state index is 0.139. The van der Waals surface area contributed by atoms with Crippen LogP contribution < -0.4 is 0 Å². The van der Waals surface area contributed by atoms with E-state index >= 15 is 0 Å². The van der Waals surface area contributed by atoms with Crippen LogP contribution in [-0.2, 0) is 6.54 Å². The molecule has 1 aromatic heterocycles. The summed E-state index contributed by atoms with van der Waals surface area (Å²) >= 11 is 11.0.